The fourth-order valence-electron chi connectivity index (χ4n) is 4.24. The number of fused-ring (bicyclic) bond motifs is 2. The minimum Gasteiger partial charge on any atom is -0.354 e. The molecule has 9 heteroatoms. The van der Waals surface area contributed by atoms with Gasteiger partial charge in [0.1, 0.15) is 11.4 Å². The van der Waals surface area contributed by atoms with Gasteiger partial charge >= 0.3 is 0 Å². The van der Waals surface area contributed by atoms with Gasteiger partial charge in [-0.05, 0) is 37.8 Å². The second-order valence-corrected chi connectivity index (χ2v) is 10.8. The standard InChI is InChI=1S/C22H30N4O4S/c1-16(2)14-24-20(27)19-15-25-13-10-23-21(25)22(30-19)8-11-26(12-9-22)31(28,29)18-6-4-17(3)5-7-18/h4-7,10,13,16,19H,8-9,11-12,14-15H2,1-3H3,(H,24,27)/t19-/m0/s1. The Morgan fingerprint density at radius 1 is 1.26 bits per heavy atom. The van der Waals surface area contributed by atoms with E-state index in [0.717, 1.165) is 11.4 Å². The van der Waals surface area contributed by atoms with Gasteiger partial charge in [-0.25, -0.2) is 13.4 Å². The number of nitrogens with one attached hydrogen (secondary N) is 1. The van der Waals surface area contributed by atoms with Crippen molar-refractivity contribution in [3.63, 3.8) is 0 Å². The summed E-state index contributed by atoms with van der Waals surface area (Å²) in [5, 5.41) is 2.95. The molecule has 1 saturated heterocycles. The molecule has 3 heterocycles. The lowest BCUT2D eigenvalue weighted by Crippen LogP contribution is -2.54. The normalized spacial score (nSPS) is 21.2. The summed E-state index contributed by atoms with van der Waals surface area (Å²) >= 11 is 0. The van der Waals surface area contributed by atoms with Crippen LogP contribution in [0.5, 0.6) is 0 Å². The molecule has 1 amide bonds. The highest BCUT2D eigenvalue weighted by Crippen LogP contribution is 2.41. The fourth-order valence-corrected chi connectivity index (χ4v) is 5.68. The number of amides is 1. The van der Waals surface area contributed by atoms with E-state index in [9.17, 15) is 13.2 Å². The number of carbonyl (C=O) groups excluding carboxylic acids is 1. The van der Waals surface area contributed by atoms with Gasteiger partial charge in [0.2, 0.25) is 10.0 Å². The lowest BCUT2D eigenvalue weighted by atomic mass is 9.89. The van der Waals surface area contributed by atoms with Gasteiger partial charge in [0, 0.05) is 32.0 Å². The van der Waals surface area contributed by atoms with Crippen molar-refractivity contribution >= 4 is 15.9 Å². The van der Waals surface area contributed by atoms with E-state index in [0.29, 0.717) is 49.8 Å². The lowest BCUT2D eigenvalue weighted by molar-refractivity contribution is -0.170. The van der Waals surface area contributed by atoms with Gasteiger partial charge in [-0.1, -0.05) is 31.5 Å². The van der Waals surface area contributed by atoms with Gasteiger partial charge < -0.3 is 14.6 Å². The Bertz CT molecular complexity index is 1040. The molecule has 1 spiro atoms. The van der Waals surface area contributed by atoms with Gasteiger partial charge in [-0.2, -0.15) is 4.31 Å². The molecule has 8 nitrogen and oxygen atoms in total. The molecule has 4 rings (SSSR count). The highest BCUT2D eigenvalue weighted by molar-refractivity contribution is 7.89. The zero-order valence-electron chi connectivity index (χ0n) is 18.2. The van der Waals surface area contributed by atoms with Crippen LogP contribution in [0, 0.1) is 12.8 Å². The van der Waals surface area contributed by atoms with Crippen LogP contribution in [0.1, 0.15) is 38.1 Å². The SMILES string of the molecule is Cc1ccc(S(=O)(=O)N2CCC3(CC2)O[C@H](C(=O)NCC(C)C)Cn2ccnc23)cc1. The molecular formula is C22H30N4O4S. The first kappa shape index (κ1) is 22.0. The summed E-state index contributed by atoms with van der Waals surface area (Å²) < 4.78 is 36.0. The number of hydrogen-bond donors (Lipinski definition) is 1. The van der Waals surface area contributed by atoms with E-state index in [1.807, 2.05) is 31.5 Å². The first-order valence-electron chi connectivity index (χ1n) is 10.8. The predicted octanol–water partition coefficient (Wildman–Crippen LogP) is 2.04. The highest BCUT2D eigenvalue weighted by Gasteiger charge is 2.48. The quantitative estimate of drug-likeness (QED) is 0.759. The number of rotatable bonds is 5. The third kappa shape index (κ3) is 4.26. The molecule has 1 fully saturated rings. The number of ether oxygens (including phenoxy) is 1. The topological polar surface area (TPSA) is 93.5 Å². The van der Waals surface area contributed by atoms with E-state index in [2.05, 4.69) is 10.3 Å². The monoisotopic (exact) mass is 446 g/mol. The Morgan fingerprint density at radius 3 is 2.58 bits per heavy atom. The Morgan fingerprint density at radius 2 is 1.94 bits per heavy atom. The molecule has 0 aliphatic carbocycles. The van der Waals surface area contributed by atoms with Gasteiger partial charge in [0.15, 0.2) is 6.10 Å². The van der Waals surface area contributed by atoms with Crippen molar-refractivity contribution in [2.45, 2.75) is 56.8 Å². The Kier molecular flexibility index (Phi) is 5.93. The number of sulfonamides is 1. The second-order valence-electron chi connectivity index (χ2n) is 8.86. The van der Waals surface area contributed by atoms with Crippen LogP contribution in [-0.2, 0) is 31.7 Å². The molecular weight excluding hydrogens is 416 g/mol. The van der Waals surface area contributed by atoms with Crippen molar-refractivity contribution in [2.24, 2.45) is 5.92 Å². The summed E-state index contributed by atoms with van der Waals surface area (Å²) in [6.45, 7) is 7.63. The molecule has 2 aromatic rings. The van der Waals surface area contributed by atoms with Crippen molar-refractivity contribution < 1.29 is 17.9 Å². The fraction of sp³-hybridized carbons (Fsp3) is 0.545. The zero-order chi connectivity index (χ0) is 22.2. The van der Waals surface area contributed by atoms with Crippen LogP contribution < -0.4 is 5.32 Å². The van der Waals surface area contributed by atoms with Crippen molar-refractivity contribution in [3.05, 3.63) is 48.0 Å². The van der Waals surface area contributed by atoms with Gasteiger partial charge in [-0.15, -0.1) is 0 Å². The molecule has 2 aliphatic rings. The number of nitrogens with zero attached hydrogens (tertiary/aromatic N) is 3. The summed E-state index contributed by atoms with van der Waals surface area (Å²) in [6.07, 6.45) is 3.84. The molecule has 0 bridgehead atoms. The molecule has 168 valence electrons. The Labute approximate surface area is 183 Å². The summed E-state index contributed by atoms with van der Waals surface area (Å²) in [6, 6.07) is 6.90. The van der Waals surface area contributed by atoms with Crippen LogP contribution in [-0.4, -0.2) is 53.9 Å². The average molecular weight is 447 g/mol. The van der Waals surface area contributed by atoms with Crippen molar-refractivity contribution in [3.8, 4) is 0 Å². The number of aromatic nitrogens is 2. The first-order valence-corrected chi connectivity index (χ1v) is 12.2. The van der Waals surface area contributed by atoms with Gasteiger partial charge in [-0.3, -0.25) is 4.79 Å². The minimum atomic E-state index is -3.57. The summed E-state index contributed by atoms with van der Waals surface area (Å²) in [5.41, 5.74) is 0.252. The van der Waals surface area contributed by atoms with E-state index in [1.165, 1.54) is 4.31 Å². The molecule has 0 saturated carbocycles. The maximum atomic E-state index is 13.1. The summed E-state index contributed by atoms with van der Waals surface area (Å²) in [4.78, 5) is 17.5. The summed E-state index contributed by atoms with van der Waals surface area (Å²) in [5.74, 6) is 0.982. The number of carbonyl (C=O) groups is 1. The van der Waals surface area contributed by atoms with Crippen LogP contribution in [0.25, 0.3) is 0 Å². The van der Waals surface area contributed by atoms with Gasteiger partial charge in [0.25, 0.3) is 5.91 Å². The van der Waals surface area contributed by atoms with Crippen LogP contribution in [0.3, 0.4) is 0 Å². The molecule has 1 aromatic carbocycles. The predicted molar refractivity (Wildman–Crippen MR) is 116 cm³/mol. The van der Waals surface area contributed by atoms with E-state index in [-0.39, 0.29) is 5.91 Å². The second kappa shape index (κ2) is 8.37. The Hall–Kier alpha value is -2.23. The molecule has 1 atom stereocenters. The first-order chi connectivity index (χ1) is 14.7. The largest absolute Gasteiger partial charge is 0.354 e. The van der Waals surface area contributed by atoms with E-state index < -0.39 is 21.7 Å². The van der Waals surface area contributed by atoms with Crippen molar-refractivity contribution in [2.75, 3.05) is 19.6 Å². The van der Waals surface area contributed by atoms with Gasteiger partial charge in [0.05, 0.1) is 11.4 Å². The number of imidazole rings is 1. The van der Waals surface area contributed by atoms with E-state index >= 15 is 0 Å². The maximum absolute atomic E-state index is 13.1. The van der Waals surface area contributed by atoms with Crippen LogP contribution in [0.2, 0.25) is 0 Å². The average Bonchev–Trinajstić information content (AvgIpc) is 3.22. The molecule has 1 N–H and O–H groups in total. The van der Waals surface area contributed by atoms with E-state index in [1.54, 1.807) is 30.5 Å². The van der Waals surface area contributed by atoms with Crippen molar-refractivity contribution in [1.29, 1.82) is 0 Å². The van der Waals surface area contributed by atoms with Crippen LogP contribution in [0.4, 0.5) is 0 Å². The van der Waals surface area contributed by atoms with Crippen LogP contribution in [0.15, 0.2) is 41.6 Å². The third-order valence-corrected chi connectivity index (χ3v) is 7.93. The molecule has 2 aliphatic heterocycles. The van der Waals surface area contributed by atoms with Crippen molar-refractivity contribution in [1.82, 2.24) is 19.2 Å². The third-order valence-electron chi connectivity index (χ3n) is 6.02. The number of hydrogen-bond acceptors (Lipinski definition) is 5. The molecule has 0 unspecified atom stereocenters. The van der Waals surface area contributed by atoms with E-state index in [4.69, 9.17) is 4.74 Å². The molecule has 31 heavy (non-hydrogen) atoms. The minimum absolute atomic E-state index is 0.137. The number of piperidine rings is 1. The molecule has 1 aromatic heterocycles. The Balaban J connectivity index is 1.52. The number of aryl methyl sites for hydroxylation is 1. The molecule has 0 radical (unpaired) electrons. The number of benzene rings is 1. The summed E-state index contributed by atoms with van der Waals surface area (Å²) in [7, 11) is -3.57. The zero-order valence-corrected chi connectivity index (χ0v) is 19.1. The van der Waals surface area contributed by atoms with Crippen LogP contribution >= 0.6 is 0 Å². The lowest BCUT2D eigenvalue weighted by Gasteiger charge is -2.45. The highest BCUT2D eigenvalue weighted by atomic mass is 32.2. The smallest absolute Gasteiger partial charge is 0.251 e. The maximum Gasteiger partial charge on any atom is 0.251 e.